The standard InChI is InChI=1S/C14H18ClFN2O2S/c1-2-7-18(10-5-3-4-6-10)21(19,20)14-9-13(17)12(16)8-11(14)15/h2,8-10H,1,3-7,17H2. The summed E-state index contributed by atoms with van der Waals surface area (Å²) in [7, 11) is -3.83. The lowest BCUT2D eigenvalue weighted by Gasteiger charge is -2.27. The number of benzene rings is 1. The van der Waals surface area contributed by atoms with Crippen LogP contribution in [0.15, 0.2) is 29.7 Å². The molecule has 21 heavy (non-hydrogen) atoms. The fourth-order valence-electron chi connectivity index (χ4n) is 2.63. The summed E-state index contributed by atoms with van der Waals surface area (Å²) >= 11 is 5.91. The fraction of sp³-hybridized carbons (Fsp3) is 0.429. The van der Waals surface area contributed by atoms with Crippen molar-refractivity contribution in [3.8, 4) is 0 Å². The third-order valence-corrected chi connectivity index (χ3v) is 6.06. The number of nitrogens with zero attached hydrogens (tertiary/aromatic N) is 1. The number of anilines is 1. The fourth-order valence-corrected chi connectivity index (χ4v) is 4.81. The maximum absolute atomic E-state index is 13.4. The molecule has 2 rings (SSSR count). The van der Waals surface area contributed by atoms with E-state index in [0.717, 1.165) is 37.8 Å². The second-order valence-electron chi connectivity index (χ2n) is 5.11. The lowest BCUT2D eigenvalue weighted by atomic mass is 10.2. The van der Waals surface area contributed by atoms with Gasteiger partial charge in [-0.2, -0.15) is 4.31 Å². The lowest BCUT2D eigenvalue weighted by molar-refractivity contribution is 0.347. The highest BCUT2D eigenvalue weighted by Crippen LogP contribution is 2.33. The highest BCUT2D eigenvalue weighted by atomic mass is 35.5. The molecule has 0 unspecified atom stereocenters. The van der Waals surface area contributed by atoms with Crippen LogP contribution < -0.4 is 5.73 Å². The quantitative estimate of drug-likeness (QED) is 0.665. The Balaban J connectivity index is 2.47. The zero-order valence-corrected chi connectivity index (χ0v) is 13.1. The van der Waals surface area contributed by atoms with E-state index in [0.29, 0.717) is 0 Å². The van der Waals surface area contributed by atoms with Crippen molar-refractivity contribution >= 4 is 27.3 Å². The SMILES string of the molecule is C=CCN(C1CCCC1)S(=O)(=O)c1cc(N)c(F)cc1Cl. The van der Waals surface area contributed by atoms with Crippen LogP contribution in [-0.4, -0.2) is 25.3 Å². The number of hydrogen-bond acceptors (Lipinski definition) is 3. The normalized spacial score (nSPS) is 16.5. The summed E-state index contributed by atoms with van der Waals surface area (Å²) in [5.74, 6) is -0.727. The molecule has 0 radical (unpaired) electrons. The Hall–Kier alpha value is -1.11. The van der Waals surface area contributed by atoms with Crippen LogP contribution in [-0.2, 0) is 10.0 Å². The molecule has 1 aromatic rings. The van der Waals surface area contributed by atoms with Crippen molar-refractivity contribution in [3.63, 3.8) is 0 Å². The van der Waals surface area contributed by atoms with Crippen LogP contribution in [0.5, 0.6) is 0 Å². The summed E-state index contributed by atoms with van der Waals surface area (Å²) in [6, 6.07) is 1.94. The van der Waals surface area contributed by atoms with Crippen molar-refractivity contribution in [1.29, 1.82) is 0 Å². The molecule has 1 aromatic carbocycles. The average molecular weight is 333 g/mol. The highest BCUT2D eigenvalue weighted by Gasteiger charge is 2.34. The minimum absolute atomic E-state index is 0.0738. The van der Waals surface area contributed by atoms with Gasteiger partial charge in [0.25, 0.3) is 0 Å². The molecule has 7 heteroatoms. The van der Waals surface area contributed by atoms with E-state index >= 15 is 0 Å². The summed E-state index contributed by atoms with van der Waals surface area (Å²) in [4.78, 5) is -0.156. The molecular formula is C14H18ClFN2O2S. The molecule has 0 heterocycles. The molecule has 0 aliphatic heterocycles. The molecule has 2 N–H and O–H groups in total. The van der Waals surface area contributed by atoms with E-state index in [4.69, 9.17) is 17.3 Å². The zero-order chi connectivity index (χ0) is 15.6. The van der Waals surface area contributed by atoms with E-state index in [9.17, 15) is 12.8 Å². The molecule has 116 valence electrons. The molecule has 1 aliphatic carbocycles. The Bertz CT molecular complexity index is 643. The summed E-state index contributed by atoms with van der Waals surface area (Å²) in [5, 5.41) is -0.159. The van der Waals surface area contributed by atoms with E-state index < -0.39 is 15.8 Å². The van der Waals surface area contributed by atoms with Gasteiger partial charge in [-0.3, -0.25) is 0 Å². The Morgan fingerprint density at radius 2 is 2.05 bits per heavy atom. The van der Waals surface area contributed by atoms with Crippen LogP contribution in [0.25, 0.3) is 0 Å². The number of nitrogens with two attached hydrogens (primary N) is 1. The number of nitrogen functional groups attached to an aromatic ring is 1. The van der Waals surface area contributed by atoms with Crippen molar-refractivity contribution in [3.05, 3.63) is 35.6 Å². The van der Waals surface area contributed by atoms with E-state index in [1.165, 1.54) is 10.4 Å². The molecule has 0 aromatic heterocycles. The van der Waals surface area contributed by atoms with Gasteiger partial charge in [-0.1, -0.05) is 30.5 Å². The smallest absolute Gasteiger partial charge is 0.245 e. The zero-order valence-electron chi connectivity index (χ0n) is 11.6. The molecule has 1 aliphatic rings. The summed E-state index contributed by atoms with van der Waals surface area (Å²) < 4.78 is 40.4. The molecule has 0 amide bonds. The Morgan fingerprint density at radius 3 is 2.62 bits per heavy atom. The van der Waals surface area contributed by atoms with E-state index in [-0.39, 0.29) is 28.2 Å². The van der Waals surface area contributed by atoms with Crippen LogP contribution in [0.1, 0.15) is 25.7 Å². The molecule has 1 saturated carbocycles. The molecule has 0 spiro atoms. The minimum atomic E-state index is -3.83. The molecule has 4 nitrogen and oxygen atoms in total. The average Bonchev–Trinajstić information content (AvgIpc) is 2.93. The molecule has 0 bridgehead atoms. The second-order valence-corrected chi connectivity index (χ2v) is 7.37. The van der Waals surface area contributed by atoms with E-state index in [1.807, 2.05) is 0 Å². The van der Waals surface area contributed by atoms with Gasteiger partial charge >= 0.3 is 0 Å². The summed E-state index contributed by atoms with van der Waals surface area (Å²) in [6.45, 7) is 3.80. The molecular weight excluding hydrogens is 315 g/mol. The van der Waals surface area contributed by atoms with Crippen LogP contribution >= 0.6 is 11.6 Å². The van der Waals surface area contributed by atoms with Gasteiger partial charge in [0.2, 0.25) is 10.0 Å². The van der Waals surface area contributed by atoms with Crippen LogP contribution in [0.4, 0.5) is 10.1 Å². The van der Waals surface area contributed by atoms with Crippen LogP contribution in [0.2, 0.25) is 5.02 Å². The Morgan fingerprint density at radius 1 is 1.43 bits per heavy atom. The number of halogens is 2. The van der Waals surface area contributed by atoms with Gasteiger partial charge in [-0.05, 0) is 25.0 Å². The molecule has 1 fully saturated rings. The van der Waals surface area contributed by atoms with Gasteiger partial charge < -0.3 is 5.73 Å². The first kappa shape index (κ1) is 16.3. The lowest BCUT2D eigenvalue weighted by Crippen LogP contribution is -2.39. The van der Waals surface area contributed by atoms with Crippen molar-refractivity contribution in [2.45, 2.75) is 36.6 Å². The van der Waals surface area contributed by atoms with Gasteiger partial charge in [-0.15, -0.1) is 6.58 Å². The van der Waals surface area contributed by atoms with Gasteiger partial charge in [0, 0.05) is 12.6 Å². The maximum atomic E-state index is 13.4. The monoisotopic (exact) mass is 332 g/mol. The van der Waals surface area contributed by atoms with Crippen LogP contribution in [0, 0.1) is 5.82 Å². The topological polar surface area (TPSA) is 63.4 Å². The van der Waals surface area contributed by atoms with Crippen molar-refractivity contribution in [2.75, 3.05) is 12.3 Å². The van der Waals surface area contributed by atoms with Gasteiger partial charge in [0.1, 0.15) is 10.7 Å². The van der Waals surface area contributed by atoms with Crippen molar-refractivity contribution < 1.29 is 12.8 Å². The second kappa shape index (κ2) is 6.34. The minimum Gasteiger partial charge on any atom is -0.396 e. The van der Waals surface area contributed by atoms with Gasteiger partial charge in [0.15, 0.2) is 0 Å². The largest absolute Gasteiger partial charge is 0.396 e. The first-order valence-electron chi connectivity index (χ1n) is 6.75. The number of rotatable bonds is 5. The van der Waals surface area contributed by atoms with Crippen molar-refractivity contribution in [1.82, 2.24) is 4.31 Å². The number of hydrogen-bond donors (Lipinski definition) is 1. The molecule has 0 saturated heterocycles. The van der Waals surface area contributed by atoms with Gasteiger partial charge in [0.05, 0.1) is 10.7 Å². The van der Waals surface area contributed by atoms with Crippen molar-refractivity contribution in [2.24, 2.45) is 0 Å². The third kappa shape index (κ3) is 3.22. The molecule has 0 atom stereocenters. The Labute approximate surface area is 129 Å². The van der Waals surface area contributed by atoms with E-state index in [1.54, 1.807) is 0 Å². The predicted molar refractivity (Wildman–Crippen MR) is 82.2 cm³/mol. The third-order valence-electron chi connectivity index (χ3n) is 3.68. The predicted octanol–water partition coefficient (Wildman–Crippen LogP) is 3.18. The van der Waals surface area contributed by atoms with E-state index in [2.05, 4.69) is 6.58 Å². The Kier molecular flexibility index (Phi) is 4.91. The first-order chi connectivity index (χ1) is 9.87. The van der Waals surface area contributed by atoms with Gasteiger partial charge in [-0.25, -0.2) is 12.8 Å². The highest BCUT2D eigenvalue weighted by molar-refractivity contribution is 7.89. The summed E-state index contributed by atoms with van der Waals surface area (Å²) in [5.41, 5.74) is 5.24. The first-order valence-corrected chi connectivity index (χ1v) is 8.57. The number of sulfonamides is 1. The maximum Gasteiger partial charge on any atom is 0.245 e. The van der Waals surface area contributed by atoms with Crippen LogP contribution in [0.3, 0.4) is 0 Å². The summed E-state index contributed by atoms with van der Waals surface area (Å²) in [6.07, 6.45) is 5.14.